The van der Waals surface area contributed by atoms with Crippen LogP contribution in [0, 0.1) is 0 Å². The third kappa shape index (κ3) is 6.87. The van der Waals surface area contributed by atoms with Gasteiger partial charge in [-0.15, -0.1) is 5.10 Å². The molecule has 0 amide bonds. The Labute approximate surface area is 233 Å². The van der Waals surface area contributed by atoms with Gasteiger partial charge in [-0.2, -0.15) is 9.90 Å². The Kier molecular flexibility index (Phi) is 8.51. The molecule has 0 radical (unpaired) electrons. The van der Waals surface area contributed by atoms with Crippen LogP contribution in [0.5, 0.6) is 0 Å². The highest BCUT2D eigenvalue weighted by molar-refractivity contribution is 6.76. The second-order valence-corrected chi connectivity index (χ2v) is 17.7. The van der Waals surface area contributed by atoms with Crippen LogP contribution in [-0.2, 0) is 25.5 Å². The minimum absolute atomic E-state index is 0.185. The summed E-state index contributed by atoms with van der Waals surface area (Å²) in [6, 6.07) is 17.2. The molecular weight excluding hydrogens is 509 g/mol. The number of ether oxygens (including phenoxy) is 2. The highest BCUT2D eigenvalue weighted by Crippen LogP contribution is 2.36. The summed E-state index contributed by atoms with van der Waals surface area (Å²) in [6.45, 7) is 18.0. The van der Waals surface area contributed by atoms with Gasteiger partial charge in [0.15, 0.2) is 12.4 Å². The van der Waals surface area contributed by atoms with E-state index in [4.69, 9.17) is 18.8 Å². The van der Waals surface area contributed by atoms with Crippen LogP contribution in [0.15, 0.2) is 48.5 Å². The third-order valence-electron chi connectivity index (χ3n) is 7.25. The van der Waals surface area contributed by atoms with Crippen LogP contribution in [0.3, 0.4) is 0 Å². The molecule has 8 nitrogen and oxygen atoms in total. The van der Waals surface area contributed by atoms with Gasteiger partial charge in [-0.1, -0.05) is 68.2 Å². The minimum atomic E-state index is -1.20. The first-order valence-corrected chi connectivity index (χ1v) is 17.3. The van der Waals surface area contributed by atoms with Crippen molar-refractivity contribution in [1.82, 2.24) is 15.0 Å². The molecule has 1 aliphatic heterocycles. The second-order valence-electron chi connectivity index (χ2n) is 12.1. The van der Waals surface area contributed by atoms with Crippen molar-refractivity contribution in [3.8, 4) is 22.4 Å². The normalized spacial score (nSPS) is 16.5. The molecule has 0 aliphatic carbocycles. The zero-order chi connectivity index (χ0) is 28.4. The lowest BCUT2D eigenvalue weighted by molar-refractivity contribution is 0.00578. The number of nitrogens with zero attached hydrogens (tertiary/aromatic N) is 3. The fourth-order valence-electron chi connectivity index (χ4n) is 4.09. The molecule has 0 bridgehead atoms. The summed E-state index contributed by atoms with van der Waals surface area (Å²) in [5.41, 5.74) is 3.77. The van der Waals surface area contributed by atoms with Gasteiger partial charge in [0, 0.05) is 20.2 Å². The van der Waals surface area contributed by atoms with Crippen LogP contribution in [-0.4, -0.2) is 60.6 Å². The first-order valence-electron chi connectivity index (χ1n) is 13.6. The van der Waals surface area contributed by atoms with Gasteiger partial charge in [0.05, 0.1) is 17.8 Å². The summed E-state index contributed by atoms with van der Waals surface area (Å²) in [6.07, 6.45) is 0. The molecule has 2 aromatic carbocycles. The lowest BCUT2D eigenvalue weighted by atomic mass is 9.78. The van der Waals surface area contributed by atoms with E-state index in [0.717, 1.165) is 28.2 Å². The molecule has 0 spiro atoms. The Hall–Kier alpha value is -2.79. The summed E-state index contributed by atoms with van der Waals surface area (Å²) >= 11 is 0. The molecule has 1 saturated heterocycles. The van der Waals surface area contributed by atoms with E-state index in [9.17, 15) is 4.79 Å². The van der Waals surface area contributed by atoms with Crippen LogP contribution >= 0.6 is 0 Å². The second kappa shape index (κ2) is 11.4. The number of benzene rings is 2. The number of rotatable bonds is 10. The highest BCUT2D eigenvalue weighted by Gasteiger charge is 2.51. The summed E-state index contributed by atoms with van der Waals surface area (Å²) in [7, 11) is -1.59. The molecule has 208 valence electrons. The van der Waals surface area contributed by atoms with Crippen LogP contribution in [0.4, 0.5) is 0 Å². The van der Waals surface area contributed by atoms with Crippen molar-refractivity contribution < 1.29 is 23.6 Å². The average molecular weight is 550 g/mol. The standard InChI is InChI=1S/C29H40BN3O5Si/c1-9-36-27(34)26-25(31-33(32-26)20-35-18-19-39(6,7)8)23-12-10-21(11-13-23)22-14-16-24(17-15-22)30-37-28(2,3)29(4,5)38-30/h10-17H,9,18-20H2,1-8H3. The Morgan fingerprint density at radius 1 is 0.897 bits per heavy atom. The largest absolute Gasteiger partial charge is 0.494 e. The topological polar surface area (TPSA) is 84.7 Å². The summed E-state index contributed by atoms with van der Waals surface area (Å²) in [5, 5.41) is 8.94. The Morgan fingerprint density at radius 3 is 1.97 bits per heavy atom. The lowest BCUT2D eigenvalue weighted by Gasteiger charge is -2.32. The van der Waals surface area contributed by atoms with Crippen molar-refractivity contribution in [3.05, 3.63) is 54.2 Å². The molecule has 0 saturated carbocycles. The number of carbonyl (C=O) groups is 1. The van der Waals surface area contributed by atoms with Crippen molar-refractivity contribution in [2.75, 3.05) is 13.2 Å². The zero-order valence-corrected chi connectivity index (χ0v) is 25.4. The van der Waals surface area contributed by atoms with Crippen molar-refractivity contribution in [2.24, 2.45) is 0 Å². The van der Waals surface area contributed by atoms with Gasteiger partial charge in [0.25, 0.3) is 0 Å². The minimum Gasteiger partial charge on any atom is -0.461 e. The molecule has 39 heavy (non-hydrogen) atoms. The molecule has 4 rings (SSSR count). The molecule has 3 aromatic rings. The SMILES string of the molecule is CCOC(=O)c1nn(COCC[Si](C)(C)C)nc1-c1ccc(-c2ccc(B3OC(C)(C)C(C)(C)O3)cc2)cc1. The van der Waals surface area contributed by atoms with Gasteiger partial charge >= 0.3 is 13.1 Å². The fourth-order valence-corrected chi connectivity index (χ4v) is 4.85. The molecule has 2 heterocycles. The summed E-state index contributed by atoms with van der Waals surface area (Å²) in [4.78, 5) is 14.1. The Balaban J connectivity index is 1.50. The van der Waals surface area contributed by atoms with E-state index < -0.39 is 21.2 Å². The van der Waals surface area contributed by atoms with Gasteiger partial charge in [-0.25, -0.2) is 4.79 Å². The molecule has 1 aromatic heterocycles. The van der Waals surface area contributed by atoms with Crippen LogP contribution in [0.2, 0.25) is 25.7 Å². The average Bonchev–Trinajstić information content (AvgIpc) is 3.39. The van der Waals surface area contributed by atoms with E-state index in [1.165, 1.54) is 4.80 Å². The monoisotopic (exact) mass is 549 g/mol. The predicted octanol–water partition coefficient (Wildman–Crippen LogP) is 5.40. The number of esters is 1. The lowest BCUT2D eigenvalue weighted by Crippen LogP contribution is -2.41. The van der Waals surface area contributed by atoms with Crippen molar-refractivity contribution >= 4 is 26.6 Å². The van der Waals surface area contributed by atoms with Crippen LogP contribution in [0.25, 0.3) is 22.4 Å². The maximum atomic E-state index is 12.6. The molecule has 1 aliphatic rings. The van der Waals surface area contributed by atoms with E-state index in [2.05, 4.69) is 69.7 Å². The molecule has 0 N–H and O–H groups in total. The molecule has 0 atom stereocenters. The fraction of sp³-hybridized carbons (Fsp3) is 0.483. The number of hydrogen-bond donors (Lipinski definition) is 0. The van der Waals surface area contributed by atoms with E-state index in [-0.39, 0.29) is 30.2 Å². The maximum absolute atomic E-state index is 12.6. The van der Waals surface area contributed by atoms with Crippen molar-refractivity contribution in [3.63, 3.8) is 0 Å². The quantitative estimate of drug-likeness (QED) is 0.190. The van der Waals surface area contributed by atoms with E-state index in [1.54, 1.807) is 6.92 Å². The van der Waals surface area contributed by atoms with E-state index in [0.29, 0.717) is 12.3 Å². The van der Waals surface area contributed by atoms with Gasteiger partial charge in [-0.3, -0.25) is 0 Å². The van der Waals surface area contributed by atoms with Gasteiger partial charge in [0.1, 0.15) is 5.69 Å². The predicted molar refractivity (Wildman–Crippen MR) is 157 cm³/mol. The summed E-state index contributed by atoms with van der Waals surface area (Å²) in [5.74, 6) is -0.497. The van der Waals surface area contributed by atoms with Crippen LogP contribution in [0.1, 0.15) is 45.1 Å². The van der Waals surface area contributed by atoms with Gasteiger partial charge in [-0.05, 0) is 57.3 Å². The molecule has 0 unspecified atom stereocenters. The molecule has 1 fully saturated rings. The maximum Gasteiger partial charge on any atom is 0.494 e. The van der Waals surface area contributed by atoms with Crippen LogP contribution < -0.4 is 5.46 Å². The number of aromatic nitrogens is 3. The smallest absolute Gasteiger partial charge is 0.461 e. The first-order chi connectivity index (χ1) is 18.3. The summed E-state index contributed by atoms with van der Waals surface area (Å²) < 4.78 is 23.4. The number of hydrogen-bond acceptors (Lipinski definition) is 7. The van der Waals surface area contributed by atoms with E-state index >= 15 is 0 Å². The highest BCUT2D eigenvalue weighted by atomic mass is 28.3. The Morgan fingerprint density at radius 2 is 1.44 bits per heavy atom. The number of carbonyl (C=O) groups excluding carboxylic acids is 1. The third-order valence-corrected chi connectivity index (χ3v) is 8.96. The van der Waals surface area contributed by atoms with Gasteiger partial charge in [0.2, 0.25) is 0 Å². The van der Waals surface area contributed by atoms with E-state index in [1.807, 2.05) is 36.4 Å². The Bertz CT molecular complexity index is 1270. The van der Waals surface area contributed by atoms with Gasteiger partial charge < -0.3 is 18.8 Å². The zero-order valence-electron chi connectivity index (χ0n) is 24.4. The van der Waals surface area contributed by atoms with Crippen molar-refractivity contribution in [1.29, 1.82) is 0 Å². The van der Waals surface area contributed by atoms with Crippen molar-refractivity contribution in [2.45, 2.75) is 78.2 Å². The molecule has 10 heteroatoms. The first kappa shape index (κ1) is 29.2. The molecular formula is C29H40BN3O5Si.